The van der Waals surface area contributed by atoms with Gasteiger partial charge in [-0.05, 0) is 13.3 Å². The summed E-state index contributed by atoms with van der Waals surface area (Å²) in [6.45, 7) is 1.99. The molecule has 1 N–H and O–H groups in total. The van der Waals surface area contributed by atoms with Gasteiger partial charge in [0.25, 0.3) is 0 Å². The summed E-state index contributed by atoms with van der Waals surface area (Å²) in [5, 5.41) is 2.66. The van der Waals surface area contributed by atoms with Crippen molar-refractivity contribution in [1.29, 1.82) is 0 Å². The molecule has 0 aromatic rings. The van der Waals surface area contributed by atoms with Gasteiger partial charge in [0.1, 0.15) is 6.23 Å². The summed E-state index contributed by atoms with van der Waals surface area (Å²) in [7, 11) is 0. The van der Waals surface area contributed by atoms with Crippen LogP contribution in [0.4, 0.5) is 0 Å². The molecule has 0 saturated carbocycles. The summed E-state index contributed by atoms with van der Waals surface area (Å²) in [5.74, 6) is 0.0708. The topological polar surface area (TPSA) is 38.3 Å². The van der Waals surface area contributed by atoms with Crippen LogP contribution in [0, 0.1) is 0 Å². The zero-order valence-electron chi connectivity index (χ0n) is 6.72. The van der Waals surface area contributed by atoms with Gasteiger partial charge in [-0.2, -0.15) is 0 Å². The molecule has 1 heterocycles. The van der Waals surface area contributed by atoms with Crippen molar-refractivity contribution < 1.29 is 9.53 Å². The molecule has 1 saturated heterocycles. The Kier molecular flexibility index (Phi) is 3.99. The Balaban J connectivity index is 2.10. The van der Waals surface area contributed by atoms with Crippen LogP contribution in [0.2, 0.25) is 0 Å². The van der Waals surface area contributed by atoms with E-state index in [0.717, 1.165) is 6.42 Å². The number of halogens is 2. The first-order valence-corrected chi connectivity index (χ1v) is 5.64. The molecule has 0 aromatic carbocycles. The SMILES string of the molecule is CC(CC(Br)Br)OC1CC(=O)N1. The molecule has 0 radical (unpaired) electrons. The molecule has 1 aliphatic rings. The standard InChI is InChI=1S/C7H11Br2NO2/c1-4(2-5(8)9)12-7-3-6(11)10-7/h4-5,7H,2-3H2,1H3,(H,10,11). The second kappa shape index (κ2) is 4.58. The second-order valence-corrected chi connectivity index (χ2v) is 6.27. The number of amides is 1. The first-order valence-electron chi connectivity index (χ1n) is 3.81. The average molecular weight is 301 g/mol. The number of hydrogen-bond acceptors (Lipinski definition) is 2. The fourth-order valence-electron chi connectivity index (χ4n) is 0.996. The summed E-state index contributed by atoms with van der Waals surface area (Å²) in [6, 6.07) is 0. The molecule has 12 heavy (non-hydrogen) atoms. The van der Waals surface area contributed by atoms with Crippen LogP contribution in [0.3, 0.4) is 0 Å². The Morgan fingerprint density at radius 2 is 2.33 bits per heavy atom. The minimum absolute atomic E-state index is 0.0637. The molecule has 0 aromatic heterocycles. The lowest BCUT2D eigenvalue weighted by Gasteiger charge is -2.29. The third-order valence-corrected chi connectivity index (χ3v) is 2.35. The summed E-state index contributed by atoms with van der Waals surface area (Å²) < 4.78 is 5.75. The lowest BCUT2D eigenvalue weighted by molar-refractivity contribution is -0.144. The van der Waals surface area contributed by atoms with Crippen molar-refractivity contribution >= 4 is 37.8 Å². The van der Waals surface area contributed by atoms with Crippen molar-refractivity contribution in [2.75, 3.05) is 0 Å². The first-order chi connectivity index (χ1) is 5.58. The number of carbonyl (C=O) groups is 1. The van der Waals surface area contributed by atoms with Gasteiger partial charge in [0.2, 0.25) is 5.91 Å². The van der Waals surface area contributed by atoms with Gasteiger partial charge in [-0.25, -0.2) is 0 Å². The molecular weight excluding hydrogens is 290 g/mol. The van der Waals surface area contributed by atoms with E-state index in [-0.39, 0.29) is 22.0 Å². The fourth-order valence-corrected chi connectivity index (χ4v) is 2.05. The van der Waals surface area contributed by atoms with Crippen LogP contribution >= 0.6 is 31.9 Å². The Labute approximate surface area is 88.5 Å². The molecule has 1 fully saturated rings. The van der Waals surface area contributed by atoms with Gasteiger partial charge in [0.05, 0.1) is 16.3 Å². The Hall–Kier alpha value is 0.390. The highest BCUT2D eigenvalue weighted by Crippen LogP contribution is 2.18. The number of carbonyl (C=O) groups excluding carboxylic acids is 1. The van der Waals surface area contributed by atoms with E-state index in [0.29, 0.717) is 6.42 Å². The van der Waals surface area contributed by atoms with Crippen molar-refractivity contribution in [3.05, 3.63) is 0 Å². The molecule has 1 amide bonds. The molecule has 3 nitrogen and oxygen atoms in total. The van der Waals surface area contributed by atoms with Crippen molar-refractivity contribution in [3.8, 4) is 0 Å². The highest BCUT2D eigenvalue weighted by atomic mass is 79.9. The van der Waals surface area contributed by atoms with Crippen LogP contribution < -0.4 is 5.32 Å². The number of rotatable bonds is 4. The highest BCUT2D eigenvalue weighted by molar-refractivity contribution is 9.24. The third kappa shape index (κ3) is 3.41. The predicted octanol–water partition coefficient (Wildman–Crippen LogP) is 1.74. The van der Waals surface area contributed by atoms with Crippen LogP contribution in [0.5, 0.6) is 0 Å². The van der Waals surface area contributed by atoms with Gasteiger partial charge in [0.15, 0.2) is 0 Å². The quantitative estimate of drug-likeness (QED) is 0.634. The lowest BCUT2D eigenvalue weighted by Crippen LogP contribution is -2.51. The summed E-state index contributed by atoms with van der Waals surface area (Å²) in [5.41, 5.74) is 0. The van der Waals surface area contributed by atoms with Crippen molar-refractivity contribution in [1.82, 2.24) is 5.32 Å². The van der Waals surface area contributed by atoms with Crippen LogP contribution in [-0.4, -0.2) is 22.0 Å². The highest BCUT2D eigenvalue weighted by Gasteiger charge is 2.27. The Morgan fingerprint density at radius 3 is 2.75 bits per heavy atom. The smallest absolute Gasteiger partial charge is 0.226 e. The molecule has 1 rings (SSSR count). The number of β-lactam (4-membered cyclic amide) rings is 1. The number of alkyl halides is 2. The lowest BCUT2D eigenvalue weighted by atomic mass is 10.2. The Morgan fingerprint density at radius 1 is 1.75 bits per heavy atom. The van der Waals surface area contributed by atoms with E-state index in [4.69, 9.17) is 4.74 Å². The average Bonchev–Trinajstić information content (AvgIpc) is 1.82. The van der Waals surface area contributed by atoms with Gasteiger partial charge in [-0.15, -0.1) is 0 Å². The van der Waals surface area contributed by atoms with Crippen LogP contribution in [-0.2, 0) is 9.53 Å². The van der Waals surface area contributed by atoms with Crippen LogP contribution in [0.15, 0.2) is 0 Å². The Bertz CT molecular complexity index is 167. The van der Waals surface area contributed by atoms with Crippen LogP contribution in [0.25, 0.3) is 0 Å². The van der Waals surface area contributed by atoms with E-state index >= 15 is 0 Å². The number of ether oxygens (including phenoxy) is 1. The van der Waals surface area contributed by atoms with E-state index in [9.17, 15) is 4.79 Å². The minimum Gasteiger partial charge on any atom is -0.355 e. The third-order valence-electron chi connectivity index (χ3n) is 1.60. The molecule has 0 aliphatic carbocycles. The zero-order chi connectivity index (χ0) is 9.14. The zero-order valence-corrected chi connectivity index (χ0v) is 9.89. The van der Waals surface area contributed by atoms with Crippen molar-refractivity contribution in [3.63, 3.8) is 0 Å². The van der Waals surface area contributed by atoms with E-state index in [1.165, 1.54) is 0 Å². The second-order valence-electron chi connectivity index (χ2n) is 2.83. The monoisotopic (exact) mass is 299 g/mol. The van der Waals surface area contributed by atoms with Gasteiger partial charge in [-0.1, -0.05) is 31.9 Å². The maximum absolute atomic E-state index is 10.5. The van der Waals surface area contributed by atoms with Crippen molar-refractivity contribution in [2.45, 2.75) is 35.8 Å². The number of hydrogen-bond donors (Lipinski definition) is 1. The van der Waals surface area contributed by atoms with E-state index in [2.05, 4.69) is 37.2 Å². The van der Waals surface area contributed by atoms with E-state index in [1.807, 2.05) is 6.92 Å². The van der Waals surface area contributed by atoms with Crippen molar-refractivity contribution in [2.24, 2.45) is 0 Å². The van der Waals surface area contributed by atoms with E-state index in [1.54, 1.807) is 0 Å². The van der Waals surface area contributed by atoms with Gasteiger partial charge in [0, 0.05) is 0 Å². The minimum atomic E-state index is -0.0637. The van der Waals surface area contributed by atoms with E-state index < -0.39 is 0 Å². The fraction of sp³-hybridized carbons (Fsp3) is 0.857. The summed E-state index contributed by atoms with van der Waals surface area (Å²) >= 11 is 6.73. The van der Waals surface area contributed by atoms with Gasteiger partial charge >= 0.3 is 0 Å². The maximum atomic E-state index is 10.5. The molecular formula is C7H11Br2NO2. The predicted molar refractivity (Wildman–Crippen MR) is 53.4 cm³/mol. The molecule has 0 bridgehead atoms. The molecule has 5 heteroatoms. The largest absolute Gasteiger partial charge is 0.355 e. The normalized spacial score (nSPS) is 25.0. The van der Waals surface area contributed by atoms with Crippen LogP contribution in [0.1, 0.15) is 19.8 Å². The summed E-state index contributed by atoms with van der Waals surface area (Å²) in [4.78, 5) is 10.5. The molecule has 0 spiro atoms. The first kappa shape index (κ1) is 10.5. The van der Waals surface area contributed by atoms with Gasteiger partial charge < -0.3 is 10.1 Å². The maximum Gasteiger partial charge on any atom is 0.226 e. The molecule has 2 unspecified atom stereocenters. The van der Waals surface area contributed by atoms with Gasteiger partial charge in [-0.3, -0.25) is 4.79 Å². The summed E-state index contributed by atoms with van der Waals surface area (Å²) in [6.07, 6.45) is 1.47. The molecule has 2 atom stereocenters. The molecule has 70 valence electrons. The molecule has 1 aliphatic heterocycles. The number of nitrogens with one attached hydrogen (secondary N) is 1.